The second kappa shape index (κ2) is 7.54. The number of amides is 1. The standard InChI is InChI=1S/C16H16BrF2NO2/c1-2-9-22-12-5-3-11(4-6-12)14-8-7-13(17)16(21)20(14)10-15(18)19/h2-6,8,13,15H,1,7,9-10H2. The van der Waals surface area contributed by atoms with E-state index in [-0.39, 0.29) is 5.91 Å². The van der Waals surface area contributed by atoms with Crippen LogP contribution in [-0.2, 0) is 4.79 Å². The van der Waals surface area contributed by atoms with Gasteiger partial charge < -0.3 is 9.64 Å². The Morgan fingerprint density at radius 3 is 2.68 bits per heavy atom. The molecule has 22 heavy (non-hydrogen) atoms. The Bertz CT molecular complexity index is 572. The van der Waals surface area contributed by atoms with Gasteiger partial charge in [0.25, 0.3) is 6.43 Å². The van der Waals surface area contributed by atoms with Crippen LogP contribution in [0.2, 0.25) is 0 Å². The average Bonchev–Trinajstić information content (AvgIpc) is 2.50. The van der Waals surface area contributed by atoms with Gasteiger partial charge in [-0.3, -0.25) is 4.79 Å². The quantitative estimate of drug-likeness (QED) is 0.561. The minimum Gasteiger partial charge on any atom is -0.490 e. The van der Waals surface area contributed by atoms with Gasteiger partial charge in [0, 0.05) is 5.70 Å². The second-order valence-corrected chi connectivity index (χ2v) is 5.86. The highest BCUT2D eigenvalue weighted by Gasteiger charge is 2.31. The molecule has 0 aliphatic carbocycles. The van der Waals surface area contributed by atoms with Crippen LogP contribution in [0.1, 0.15) is 12.0 Å². The van der Waals surface area contributed by atoms with Gasteiger partial charge in [0.15, 0.2) is 0 Å². The summed E-state index contributed by atoms with van der Waals surface area (Å²) in [7, 11) is 0. The summed E-state index contributed by atoms with van der Waals surface area (Å²) in [5, 5.41) is 0. The zero-order chi connectivity index (χ0) is 16.1. The molecule has 0 N–H and O–H groups in total. The molecule has 0 saturated carbocycles. The zero-order valence-corrected chi connectivity index (χ0v) is 13.4. The van der Waals surface area contributed by atoms with Gasteiger partial charge in [-0.05, 0) is 36.2 Å². The smallest absolute Gasteiger partial charge is 0.256 e. The summed E-state index contributed by atoms with van der Waals surface area (Å²) < 4.78 is 30.9. The van der Waals surface area contributed by atoms with Crippen molar-refractivity contribution >= 4 is 27.5 Å². The number of allylic oxidation sites excluding steroid dienone is 1. The molecule has 6 heteroatoms. The third-order valence-electron chi connectivity index (χ3n) is 3.18. The van der Waals surface area contributed by atoms with Crippen molar-refractivity contribution in [2.45, 2.75) is 17.7 Å². The third-order valence-corrected chi connectivity index (χ3v) is 3.95. The summed E-state index contributed by atoms with van der Waals surface area (Å²) in [5.41, 5.74) is 1.22. The van der Waals surface area contributed by atoms with E-state index in [2.05, 4.69) is 22.5 Å². The fourth-order valence-electron chi connectivity index (χ4n) is 2.19. The molecule has 3 nitrogen and oxygen atoms in total. The lowest BCUT2D eigenvalue weighted by Crippen LogP contribution is -2.40. The van der Waals surface area contributed by atoms with Gasteiger partial charge in [-0.1, -0.05) is 34.7 Å². The van der Waals surface area contributed by atoms with Gasteiger partial charge in [0.2, 0.25) is 5.91 Å². The number of rotatable bonds is 6. The fraction of sp³-hybridized carbons (Fsp3) is 0.312. The van der Waals surface area contributed by atoms with Crippen molar-refractivity contribution in [3.63, 3.8) is 0 Å². The summed E-state index contributed by atoms with van der Waals surface area (Å²) in [4.78, 5) is 12.8. The van der Waals surface area contributed by atoms with E-state index < -0.39 is 17.8 Å². The van der Waals surface area contributed by atoms with Crippen molar-refractivity contribution in [2.75, 3.05) is 13.2 Å². The van der Waals surface area contributed by atoms with Gasteiger partial charge in [-0.25, -0.2) is 8.78 Å². The molecule has 1 aliphatic heterocycles. The summed E-state index contributed by atoms with van der Waals surface area (Å²) in [6.45, 7) is 3.35. The minimum absolute atomic E-state index is 0.343. The first-order valence-electron chi connectivity index (χ1n) is 6.80. The first-order valence-corrected chi connectivity index (χ1v) is 7.72. The molecule has 1 unspecified atom stereocenters. The Kier molecular flexibility index (Phi) is 5.71. The lowest BCUT2D eigenvalue weighted by molar-refractivity contribution is -0.129. The molecule has 0 spiro atoms. The largest absolute Gasteiger partial charge is 0.490 e. The molecule has 0 saturated heterocycles. The molecule has 1 aromatic carbocycles. The number of hydrogen-bond acceptors (Lipinski definition) is 2. The molecule has 0 aromatic heterocycles. The first-order chi connectivity index (χ1) is 10.5. The zero-order valence-electron chi connectivity index (χ0n) is 11.8. The molecule has 1 heterocycles. The maximum atomic E-state index is 12.7. The van der Waals surface area contributed by atoms with Gasteiger partial charge in [-0.15, -0.1) is 0 Å². The molecule has 1 aromatic rings. The van der Waals surface area contributed by atoms with E-state index in [1.165, 1.54) is 0 Å². The maximum absolute atomic E-state index is 12.7. The number of carbonyl (C=O) groups is 1. The number of benzene rings is 1. The number of ether oxygens (including phenoxy) is 1. The first kappa shape index (κ1) is 16.7. The number of alkyl halides is 3. The van der Waals surface area contributed by atoms with E-state index in [9.17, 15) is 13.6 Å². The van der Waals surface area contributed by atoms with Crippen molar-refractivity contribution < 1.29 is 18.3 Å². The van der Waals surface area contributed by atoms with Crippen LogP contribution in [0.3, 0.4) is 0 Å². The number of hydrogen-bond donors (Lipinski definition) is 0. The minimum atomic E-state index is -2.58. The van der Waals surface area contributed by atoms with Gasteiger partial charge in [0.1, 0.15) is 12.4 Å². The van der Waals surface area contributed by atoms with Crippen LogP contribution < -0.4 is 4.74 Å². The van der Waals surface area contributed by atoms with E-state index in [0.29, 0.717) is 30.0 Å². The lowest BCUT2D eigenvalue weighted by Gasteiger charge is -2.31. The Labute approximate surface area is 136 Å². The number of halogens is 3. The molecule has 0 bridgehead atoms. The summed E-state index contributed by atoms with van der Waals surface area (Å²) in [5.74, 6) is 0.315. The van der Waals surface area contributed by atoms with E-state index in [4.69, 9.17) is 4.74 Å². The van der Waals surface area contributed by atoms with E-state index in [0.717, 1.165) is 4.90 Å². The van der Waals surface area contributed by atoms with Crippen LogP contribution in [0.25, 0.3) is 5.70 Å². The average molecular weight is 372 g/mol. The fourth-order valence-corrected chi connectivity index (χ4v) is 2.63. The molecular formula is C16H16BrF2NO2. The maximum Gasteiger partial charge on any atom is 0.256 e. The molecule has 118 valence electrons. The highest BCUT2D eigenvalue weighted by atomic mass is 79.9. The van der Waals surface area contributed by atoms with Crippen molar-refractivity contribution in [1.29, 1.82) is 0 Å². The van der Waals surface area contributed by atoms with Crippen molar-refractivity contribution in [2.24, 2.45) is 0 Å². The van der Waals surface area contributed by atoms with Crippen LogP contribution in [0.5, 0.6) is 5.75 Å². The molecular weight excluding hydrogens is 356 g/mol. The highest BCUT2D eigenvalue weighted by molar-refractivity contribution is 9.10. The van der Waals surface area contributed by atoms with Crippen molar-refractivity contribution in [3.05, 3.63) is 48.6 Å². The molecule has 2 rings (SSSR count). The van der Waals surface area contributed by atoms with E-state index >= 15 is 0 Å². The second-order valence-electron chi connectivity index (χ2n) is 4.76. The van der Waals surface area contributed by atoms with Gasteiger partial charge >= 0.3 is 0 Å². The molecule has 1 aliphatic rings. The summed E-state index contributed by atoms with van der Waals surface area (Å²) >= 11 is 3.21. The molecule has 0 fully saturated rings. The Hall–Kier alpha value is -1.69. The molecule has 1 amide bonds. The Balaban J connectivity index is 2.23. The highest BCUT2D eigenvalue weighted by Crippen LogP contribution is 2.30. The predicted octanol–water partition coefficient (Wildman–Crippen LogP) is 3.85. The van der Waals surface area contributed by atoms with Crippen molar-refractivity contribution in [3.8, 4) is 5.75 Å². The molecule has 0 radical (unpaired) electrons. The summed E-state index contributed by atoms with van der Waals surface area (Å²) in [6, 6.07) is 6.99. The Morgan fingerprint density at radius 1 is 1.41 bits per heavy atom. The van der Waals surface area contributed by atoms with Crippen molar-refractivity contribution in [1.82, 2.24) is 4.90 Å². The number of carbonyl (C=O) groups excluding carboxylic acids is 1. The van der Waals surface area contributed by atoms with Crippen LogP contribution >= 0.6 is 15.9 Å². The van der Waals surface area contributed by atoms with Gasteiger partial charge in [0.05, 0.1) is 11.4 Å². The summed E-state index contributed by atoms with van der Waals surface area (Å²) in [6.07, 6.45) is 1.32. The Morgan fingerprint density at radius 2 is 2.09 bits per heavy atom. The van der Waals surface area contributed by atoms with Crippen LogP contribution in [0.15, 0.2) is 43.0 Å². The van der Waals surface area contributed by atoms with Gasteiger partial charge in [-0.2, -0.15) is 0 Å². The van der Waals surface area contributed by atoms with E-state index in [1.54, 1.807) is 36.4 Å². The van der Waals surface area contributed by atoms with E-state index in [1.807, 2.05) is 0 Å². The third kappa shape index (κ3) is 3.94. The SMILES string of the molecule is C=CCOc1ccc(C2=CCC(Br)C(=O)N2CC(F)F)cc1. The van der Waals surface area contributed by atoms with Crippen LogP contribution in [0, 0.1) is 0 Å². The monoisotopic (exact) mass is 371 g/mol. The van der Waals surface area contributed by atoms with Crippen LogP contribution in [-0.4, -0.2) is 35.2 Å². The topological polar surface area (TPSA) is 29.5 Å². The number of nitrogens with zero attached hydrogens (tertiary/aromatic N) is 1. The lowest BCUT2D eigenvalue weighted by atomic mass is 10.0. The predicted molar refractivity (Wildman–Crippen MR) is 85.2 cm³/mol. The molecule has 1 atom stereocenters. The van der Waals surface area contributed by atoms with Crippen LogP contribution in [0.4, 0.5) is 8.78 Å². The normalized spacial score (nSPS) is 18.4.